The Hall–Kier alpha value is -3.01. The molecule has 9 heteroatoms. The molecule has 0 spiro atoms. The molecule has 0 aliphatic carbocycles. The zero-order chi connectivity index (χ0) is 22.3. The van der Waals surface area contributed by atoms with Crippen LogP contribution in [0.1, 0.15) is 18.2 Å². The number of sulfonamides is 1. The van der Waals surface area contributed by atoms with Crippen molar-refractivity contribution < 1.29 is 16.8 Å². The smallest absolute Gasteiger partial charge is 0.232 e. The fourth-order valence-electron chi connectivity index (χ4n) is 4.13. The predicted molar refractivity (Wildman–Crippen MR) is 121 cm³/mol. The van der Waals surface area contributed by atoms with E-state index in [1.165, 1.54) is 8.28 Å². The van der Waals surface area contributed by atoms with Crippen molar-refractivity contribution in [2.75, 3.05) is 13.1 Å². The van der Waals surface area contributed by atoms with Gasteiger partial charge < -0.3 is 0 Å². The van der Waals surface area contributed by atoms with Gasteiger partial charge in [0.15, 0.2) is 0 Å². The van der Waals surface area contributed by atoms with Crippen LogP contribution in [0.15, 0.2) is 94.7 Å². The first-order valence-electron chi connectivity index (χ1n) is 10.2. The van der Waals surface area contributed by atoms with Gasteiger partial charge in [0.1, 0.15) is 5.82 Å². The summed E-state index contributed by atoms with van der Waals surface area (Å²) in [4.78, 5) is 5.03. The van der Waals surface area contributed by atoms with Crippen molar-refractivity contribution in [2.45, 2.75) is 22.1 Å². The topological polar surface area (TPSA) is 89.3 Å². The average molecular weight is 468 g/mol. The van der Waals surface area contributed by atoms with E-state index in [0.29, 0.717) is 29.8 Å². The Bertz CT molecular complexity index is 1480. The van der Waals surface area contributed by atoms with Crippen molar-refractivity contribution in [3.05, 3.63) is 90.8 Å². The predicted octanol–water partition coefficient (Wildman–Crippen LogP) is 3.45. The number of imidazole rings is 1. The molecule has 164 valence electrons. The molecule has 2 heterocycles. The van der Waals surface area contributed by atoms with Crippen molar-refractivity contribution in [2.24, 2.45) is 0 Å². The summed E-state index contributed by atoms with van der Waals surface area (Å²) in [5.74, 6) is 0.0141. The lowest BCUT2D eigenvalue weighted by Crippen LogP contribution is -2.29. The summed E-state index contributed by atoms with van der Waals surface area (Å²) in [5, 5.41) is 0. The number of fused-ring (bicyclic) bond motifs is 1. The van der Waals surface area contributed by atoms with Gasteiger partial charge in [-0.15, -0.1) is 0 Å². The second-order valence-corrected chi connectivity index (χ2v) is 11.4. The Kier molecular flexibility index (Phi) is 5.11. The molecular formula is C23H21N3O4S2. The fourth-order valence-corrected chi connectivity index (χ4v) is 7.21. The van der Waals surface area contributed by atoms with Gasteiger partial charge in [-0.3, -0.25) is 0 Å². The maximum atomic E-state index is 13.6. The number of aromatic nitrogens is 2. The zero-order valence-electron chi connectivity index (χ0n) is 17.1. The van der Waals surface area contributed by atoms with Gasteiger partial charge >= 0.3 is 0 Å². The van der Waals surface area contributed by atoms with Crippen molar-refractivity contribution in [1.82, 2.24) is 13.3 Å². The van der Waals surface area contributed by atoms with E-state index >= 15 is 0 Å². The van der Waals surface area contributed by atoms with Gasteiger partial charge in [-0.1, -0.05) is 48.5 Å². The molecule has 1 aromatic heterocycles. The SMILES string of the molecule is O=S(=O)(c1ccccc1)N1CCC(c2nc3ccccc3n2S(=O)(=O)c2ccccc2)C1. The number of nitrogens with zero attached hydrogens (tertiary/aromatic N) is 3. The highest BCUT2D eigenvalue weighted by Gasteiger charge is 2.37. The summed E-state index contributed by atoms with van der Waals surface area (Å²) in [6.45, 7) is 0.474. The van der Waals surface area contributed by atoms with Crippen LogP contribution in [0.25, 0.3) is 11.0 Å². The quantitative estimate of drug-likeness (QED) is 0.449. The van der Waals surface area contributed by atoms with Gasteiger partial charge in [0.2, 0.25) is 10.0 Å². The molecule has 0 radical (unpaired) electrons. The molecule has 7 nitrogen and oxygen atoms in total. The van der Waals surface area contributed by atoms with Gasteiger partial charge in [0, 0.05) is 19.0 Å². The molecular weight excluding hydrogens is 446 g/mol. The minimum atomic E-state index is -3.91. The lowest BCUT2D eigenvalue weighted by molar-refractivity contribution is 0.471. The van der Waals surface area contributed by atoms with E-state index in [4.69, 9.17) is 0 Å². The number of hydrogen-bond donors (Lipinski definition) is 0. The van der Waals surface area contributed by atoms with Crippen LogP contribution in [0.3, 0.4) is 0 Å². The van der Waals surface area contributed by atoms with E-state index in [0.717, 1.165) is 0 Å². The highest BCUT2D eigenvalue weighted by molar-refractivity contribution is 7.90. The molecule has 5 rings (SSSR count). The molecule has 1 atom stereocenters. The largest absolute Gasteiger partial charge is 0.269 e. The third-order valence-corrected chi connectivity index (χ3v) is 9.33. The molecule has 1 unspecified atom stereocenters. The van der Waals surface area contributed by atoms with Crippen molar-refractivity contribution in [1.29, 1.82) is 0 Å². The first-order valence-corrected chi connectivity index (χ1v) is 13.1. The van der Waals surface area contributed by atoms with E-state index < -0.39 is 20.0 Å². The minimum Gasteiger partial charge on any atom is -0.232 e. The zero-order valence-corrected chi connectivity index (χ0v) is 18.7. The first kappa shape index (κ1) is 20.9. The van der Waals surface area contributed by atoms with Crippen LogP contribution in [0.5, 0.6) is 0 Å². The molecule has 0 amide bonds. The van der Waals surface area contributed by atoms with Gasteiger partial charge in [-0.25, -0.2) is 25.8 Å². The number of rotatable bonds is 5. The highest BCUT2D eigenvalue weighted by Crippen LogP contribution is 2.34. The van der Waals surface area contributed by atoms with Crippen LogP contribution < -0.4 is 0 Å². The van der Waals surface area contributed by atoms with Gasteiger partial charge in [0.05, 0.1) is 20.8 Å². The Balaban J connectivity index is 1.58. The summed E-state index contributed by atoms with van der Waals surface area (Å²) in [6.07, 6.45) is 0.486. The Morgan fingerprint density at radius 2 is 1.28 bits per heavy atom. The molecule has 1 fully saturated rings. The van der Waals surface area contributed by atoms with Gasteiger partial charge in [-0.05, 0) is 42.8 Å². The standard InChI is InChI=1S/C23H21N3O4S2/c27-31(28,19-9-3-1-4-10-19)25-16-15-18(17-25)23-24-21-13-7-8-14-22(21)26(23)32(29,30)20-11-5-2-6-12-20/h1-14,18H,15-17H2. The third kappa shape index (κ3) is 3.42. The highest BCUT2D eigenvalue weighted by atomic mass is 32.2. The molecule has 1 saturated heterocycles. The third-order valence-electron chi connectivity index (χ3n) is 5.72. The van der Waals surface area contributed by atoms with Crippen molar-refractivity contribution in [3.8, 4) is 0 Å². The van der Waals surface area contributed by atoms with Gasteiger partial charge in [-0.2, -0.15) is 4.31 Å². The van der Waals surface area contributed by atoms with Crippen LogP contribution in [0, 0.1) is 0 Å². The maximum Gasteiger partial charge on any atom is 0.269 e. The van der Waals surface area contributed by atoms with Crippen LogP contribution in [0.2, 0.25) is 0 Å². The van der Waals surface area contributed by atoms with Crippen molar-refractivity contribution in [3.63, 3.8) is 0 Å². The average Bonchev–Trinajstić information content (AvgIpc) is 3.46. The summed E-state index contributed by atoms with van der Waals surface area (Å²) < 4.78 is 56.0. The lowest BCUT2D eigenvalue weighted by Gasteiger charge is -2.17. The summed E-state index contributed by atoms with van der Waals surface area (Å²) in [7, 11) is -7.57. The van der Waals surface area contributed by atoms with E-state index in [9.17, 15) is 16.8 Å². The minimum absolute atomic E-state index is 0.163. The van der Waals surface area contributed by atoms with Crippen molar-refractivity contribution >= 4 is 31.1 Å². The Morgan fingerprint density at radius 3 is 1.94 bits per heavy atom. The van der Waals surface area contributed by atoms with E-state index in [1.54, 1.807) is 84.9 Å². The Morgan fingerprint density at radius 1 is 0.719 bits per heavy atom. The molecule has 3 aromatic carbocycles. The summed E-state index contributed by atoms with van der Waals surface area (Å²) in [6, 6.07) is 23.5. The summed E-state index contributed by atoms with van der Waals surface area (Å²) >= 11 is 0. The molecule has 1 aliphatic heterocycles. The lowest BCUT2D eigenvalue weighted by atomic mass is 10.1. The van der Waals surface area contributed by atoms with E-state index in [-0.39, 0.29) is 22.3 Å². The van der Waals surface area contributed by atoms with Crippen LogP contribution >= 0.6 is 0 Å². The normalized spacial score (nSPS) is 17.7. The number of benzene rings is 3. The maximum absolute atomic E-state index is 13.6. The number of hydrogen-bond acceptors (Lipinski definition) is 5. The molecule has 1 aliphatic rings. The van der Waals surface area contributed by atoms with E-state index in [1.807, 2.05) is 0 Å². The molecule has 0 N–H and O–H groups in total. The fraction of sp³-hybridized carbons (Fsp3) is 0.174. The second-order valence-electron chi connectivity index (χ2n) is 7.70. The molecule has 4 aromatic rings. The van der Waals surface area contributed by atoms with E-state index in [2.05, 4.69) is 4.98 Å². The number of para-hydroxylation sites is 2. The van der Waals surface area contributed by atoms with Gasteiger partial charge in [0.25, 0.3) is 10.0 Å². The molecule has 0 bridgehead atoms. The molecule has 0 saturated carbocycles. The van der Waals surface area contributed by atoms with Crippen LogP contribution in [0.4, 0.5) is 0 Å². The Labute approximate surface area is 187 Å². The monoisotopic (exact) mass is 467 g/mol. The summed E-state index contributed by atoms with van der Waals surface area (Å²) in [5.41, 5.74) is 1.04. The van der Waals surface area contributed by atoms with Crippen LogP contribution in [-0.4, -0.2) is 43.2 Å². The molecule has 32 heavy (non-hydrogen) atoms. The first-order chi connectivity index (χ1) is 15.4. The second kappa shape index (κ2) is 7.84. The van der Waals surface area contributed by atoms with Crippen LogP contribution in [-0.2, 0) is 20.0 Å².